The molecule has 1 aromatic carbocycles. The summed E-state index contributed by atoms with van der Waals surface area (Å²) >= 11 is 0. The summed E-state index contributed by atoms with van der Waals surface area (Å²) in [6.45, 7) is 3.05. The van der Waals surface area contributed by atoms with Crippen LogP contribution < -0.4 is 4.90 Å². The Bertz CT molecular complexity index is 1080. The van der Waals surface area contributed by atoms with Crippen LogP contribution in [0.2, 0.25) is 0 Å². The first-order valence-electron chi connectivity index (χ1n) is 9.58. The predicted octanol–water partition coefficient (Wildman–Crippen LogP) is 1.87. The minimum absolute atomic E-state index is 0.0961. The molecule has 30 heavy (non-hydrogen) atoms. The first kappa shape index (κ1) is 20.5. The van der Waals surface area contributed by atoms with Crippen LogP contribution in [0.25, 0.3) is 11.1 Å². The van der Waals surface area contributed by atoms with Crippen molar-refractivity contribution in [1.29, 1.82) is 0 Å². The Kier molecular flexibility index (Phi) is 5.37. The van der Waals surface area contributed by atoms with E-state index in [2.05, 4.69) is 4.98 Å². The molecule has 0 radical (unpaired) electrons. The lowest BCUT2D eigenvalue weighted by Gasteiger charge is -2.29. The van der Waals surface area contributed by atoms with Crippen molar-refractivity contribution in [3.63, 3.8) is 0 Å². The number of pyridine rings is 1. The summed E-state index contributed by atoms with van der Waals surface area (Å²) in [4.78, 5) is 19.1. The number of ether oxygens (including phenoxy) is 1. The van der Waals surface area contributed by atoms with E-state index in [9.17, 15) is 22.7 Å². The lowest BCUT2D eigenvalue weighted by Crippen LogP contribution is -2.41. The molecule has 1 amide bonds. The molecule has 1 aromatic heterocycles. The topological polar surface area (TPSA) is 100 Å². The number of amides is 1. The van der Waals surface area contributed by atoms with Gasteiger partial charge in [-0.3, -0.25) is 4.90 Å². The van der Waals surface area contributed by atoms with E-state index in [0.717, 1.165) is 10.5 Å². The lowest BCUT2D eigenvalue weighted by atomic mass is 10.0. The van der Waals surface area contributed by atoms with Crippen molar-refractivity contribution in [2.45, 2.75) is 13.2 Å². The van der Waals surface area contributed by atoms with Crippen molar-refractivity contribution >= 4 is 21.7 Å². The molecule has 0 spiro atoms. The van der Waals surface area contributed by atoms with Crippen LogP contribution in [-0.4, -0.2) is 67.2 Å². The third-order valence-corrected chi connectivity index (χ3v) is 6.99. The average Bonchev–Trinajstić information content (AvgIpc) is 3.13. The number of anilines is 1. The molecule has 2 aliphatic rings. The zero-order chi connectivity index (χ0) is 21.5. The Morgan fingerprint density at radius 2 is 1.93 bits per heavy atom. The van der Waals surface area contributed by atoms with Crippen LogP contribution in [0.3, 0.4) is 0 Å². The summed E-state index contributed by atoms with van der Waals surface area (Å²) in [6, 6.07) is 6.11. The molecule has 2 aromatic rings. The first-order valence-corrected chi connectivity index (χ1v) is 11.4. The number of cyclic esters (lactones) is 1. The lowest BCUT2D eigenvalue weighted by molar-refractivity contribution is 0.0362. The Labute approximate surface area is 173 Å². The van der Waals surface area contributed by atoms with Gasteiger partial charge in [-0.1, -0.05) is 12.1 Å². The van der Waals surface area contributed by atoms with Gasteiger partial charge in [0.25, 0.3) is 0 Å². The summed E-state index contributed by atoms with van der Waals surface area (Å²) in [6.07, 6.45) is -0.355. The average molecular weight is 435 g/mol. The van der Waals surface area contributed by atoms with E-state index in [-0.39, 0.29) is 30.2 Å². The van der Waals surface area contributed by atoms with Crippen molar-refractivity contribution in [1.82, 2.24) is 9.88 Å². The Morgan fingerprint density at radius 3 is 2.53 bits per heavy atom. The van der Waals surface area contributed by atoms with Gasteiger partial charge in [0.1, 0.15) is 18.2 Å². The summed E-state index contributed by atoms with van der Waals surface area (Å²) in [5.74, 6) is 0.336. The molecule has 3 heterocycles. The molecule has 10 heteroatoms. The molecule has 0 aliphatic carbocycles. The Hall–Kier alpha value is -2.72. The summed E-state index contributed by atoms with van der Waals surface area (Å²) in [5, 5.41) is 10.3. The normalized spacial score (nSPS) is 19.6. The fraction of sp³-hybridized carbons (Fsp3) is 0.400. The molecule has 2 aliphatic heterocycles. The fourth-order valence-electron chi connectivity index (χ4n) is 3.70. The second-order valence-corrected chi connectivity index (χ2v) is 9.73. The zero-order valence-electron chi connectivity index (χ0n) is 16.4. The van der Waals surface area contributed by atoms with Gasteiger partial charge in [0.15, 0.2) is 16.1 Å². The second kappa shape index (κ2) is 7.84. The first-order chi connectivity index (χ1) is 14.2. The van der Waals surface area contributed by atoms with E-state index in [1.807, 2.05) is 11.8 Å². The van der Waals surface area contributed by atoms with Crippen LogP contribution in [0, 0.1) is 12.7 Å². The summed E-state index contributed by atoms with van der Waals surface area (Å²) in [7, 11) is -2.99. The van der Waals surface area contributed by atoms with Gasteiger partial charge in [0.05, 0.1) is 18.1 Å². The van der Waals surface area contributed by atoms with E-state index in [0.29, 0.717) is 30.0 Å². The molecule has 1 unspecified atom stereocenters. The number of aromatic nitrogens is 1. The summed E-state index contributed by atoms with van der Waals surface area (Å²) < 4.78 is 42.9. The van der Waals surface area contributed by atoms with Gasteiger partial charge in [0.2, 0.25) is 0 Å². The molecule has 4 rings (SSSR count). The highest BCUT2D eigenvalue weighted by molar-refractivity contribution is 7.91. The minimum atomic E-state index is -2.99. The smallest absolute Gasteiger partial charge is 0.412 e. The number of sulfone groups is 1. The van der Waals surface area contributed by atoms with Gasteiger partial charge >= 0.3 is 6.09 Å². The molecule has 0 saturated carbocycles. The van der Waals surface area contributed by atoms with Crippen LogP contribution in [0.5, 0.6) is 0 Å². The Balaban J connectivity index is 1.55. The molecular weight excluding hydrogens is 413 g/mol. The second-order valence-electron chi connectivity index (χ2n) is 7.42. The van der Waals surface area contributed by atoms with E-state index in [1.165, 1.54) is 6.07 Å². The standard InChI is InChI=1S/C20H22FN3O5S/c1-13-10-15(12-22-18(13)23-5-8-30(27,28)9-6-23)16-3-2-14(11-17(16)21)19(25)24-4-7-29-20(24)26/h2-3,10-12,19,25H,4-9H2,1H3. The number of benzene rings is 1. The minimum Gasteiger partial charge on any atom is -0.447 e. The quantitative estimate of drug-likeness (QED) is 0.783. The van der Waals surface area contributed by atoms with Crippen LogP contribution in [0.1, 0.15) is 17.4 Å². The highest BCUT2D eigenvalue weighted by Gasteiger charge is 2.30. The number of rotatable bonds is 4. The number of carbonyl (C=O) groups excluding carboxylic acids is 1. The largest absolute Gasteiger partial charge is 0.447 e. The number of aliphatic hydroxyl groups excluding tert-OH is 1. The predicted molar refractivity (Wildman–Crippen MR) is 108 cm³/mol. The van der Waals surface area contributed by atoms with Gasteiger partial charge in [-0.2, -0.15) is 0 Å². The van der Waals surface area contributed by atoms with Gasteiger partial charge in [-0.15, -0.1) is 0 Å². The maximum Gasteiger partial charge on any atom is 0.412 e. The molecule has 160 valence electrons. The van der Waals surface area contributed by atoms with Crippen LogP contribution >= 0.6 is 0 Å². The zero-order valence-corrected chi connectivity index (χ0v) is 17.2. The van der Waals surface area contributed by atoms with Crippen molar-refractivity contribution < 1.29 is 27.4 Å². The highest BCUT2D eigenvalue weighted by atomic mass is 32.2. The maximum atomic E-state index is 14.8. The van der Waals surface area contributed by atoms with Crippen molar-refractivity contribution in [2.24, 2.45) is 0 Å². The van der Waals surface area contributed by atoms with E-state index in [1.54, 1.807) is 24.4 Å². The molecule has 0 bridgehead atoms. The molecule has 2 saturated heterocycles. The monoisotopic (exact) mass is 435 g/mol. The molecule has 2 fully saturated rings. The highest BCUT2D eigenvalue weighted by Crippen LogP contribution is 2.30. The molecule has 1 atom stereocenters. The third kappa shape index (κ3) is 3.97. The van der Waals surface area contributed by atoms with Crippen molar-refractivity contribution in [2.75, 3.05) is 42.6 Å². The van der Waals surface area contributed by atoms with Crippen LogP contribution in [-0.2, 0) is 14.6 Å². The van der Waals surface area contributed by atoms with E-state index >= 15 is 0 Å². The van der Waals surface area contributed by atoms with Gasteiger partial charge in [-0.25, -0.2) is 22.6 Å². The van der Waals surface area contributed by atoms with Crippen molar-refractivity contribution in [3.8, 4) is 11.1 Å². The molecular formula is C20H22FN3O5S. The number of nitrogens with zero attached hydrogens (tertiary/aromatic N) is 3. The van der Waals surface area contributed by atoms with E-state index in [4.69, 9.17) is 4.74 Å². The fourth-order valence-corrected chi connectivity index (χ4v) is 4.91. The van der Waals surface area contributed by atoms with Crippen LogP contribution in [0.15, 0.2) is 30.5 Å². The number of hydrogen-bond acceptors (Lipinski definition) is 7. The number of aryl methyl sites for hydroxylation is 1. The SMILES string of the molecule is Cc1cc(-c2ccc(C(O)N3CCOC3=O)cc2F)cnc1N1CCS(=O)(=O)CC1. The number of carbonyl (C=O) groups is 1. The van der Waals surface area contributed by atoms with Gasteiger partial charge in [-0.05, 0) is 24.6 Å². The van der Waals surface area contributed by atoms with Gasteiger partial charge < -0.3 is 14.7 Å². The summed E-state index contributed by atoms with van der Waals surface area (Å²) in [5.41, 5.74) is 1.96. The number of halogens is 1. The molecule has 1 N–H and O–H groups in total. The number of hydrogen-bond donors (Lipinski definition) is 1. The maximum absolute atomic E-state index is 14.8. The van der Waals surface area contributed by atoms with Crippen LogP contribution in [0.4, 0.5) is 15.0 Å². The number of aliphatic hydroxyl groups is 1. The third-order valence-electron chi connectivity index (χ3n) is 5.38. The van der Waals surface area contributed by atoms with Crippen molar-refractivity contribution in [3.05, 3.63) is 47.4 Å². The molecule has 8 nitrogen and oxygen atoms in total. The van der Waals surface area contributed by atoms with Gasteiger partial charge in [0, 0.05) is 36.0 Å². The Morgan fingerprint density at radius 1 is 1.20 bits per heavy atom. The van der Waals surface area contributed by atoms with E-state index < -0.39 is 28.0 Å².